The molecule has 0 amide bonds. The molecule has 0 atom stereocenters. The molecule has 0 saturated carbocycles. The average Bonchev–Trinajstić information content (AvgIpc) is 2.86. The van der Waals surface area contributed by atoms with E-state index in [1.54, 1.807) is 6.20 Å². The summed E-state index contributed by atoms with van der Waals surface area (Å²) in [5.74, 6) is 0. The second-order valence-electron chi connectivity index (χ2n) is 7.53. The van der Waals surface area contributed by atoms with Crippen LogP contribution in [0.4, 0.5) is 0 Å². The molecule has 0 unspecified atom stereocenters. The van der Waals surface area contributed by atoms with Crippen molar-refractivity contribution in [1.82, 2.24) is 9.55 Å². The highest BCUT2D eigenvalue weighted by Crippen LogP contribution is 2.33. The first-order valence-electron chi connectivity index (χ1n) is 8.42. The molecule has 25 heavy (non-hydrogen) atoms. The maximum absolute atomic E-state index is 9.22. The van der Waals surface area contributed by atoms with Crippen molar-refractivity contribution >= 4 is 10.9 Å². The van der Waals surface area contributed by atoms with E-state index in [0.29, 0.717) is 18.9 Å². The van der Waals surface area contributed by atoms with Gasteiger partial charge in [-0.2, -0.15) is 5.26 Å². The van der Waals surface area contributed by atoms with Crippen molar-refractivity contribution in [3.63, 3.8) is 0 Å². The van der Waals surface area contributed by atoms with E-state index in [1.807, 2.05) is 30.5 Å². The summed E-state index contributed by atoms with van der Waals surface area (Å²) in [5.41, 5.74) is 5.13. The van der Waals surface area contributed by atoms with Gasteiger partial charge in [-0.15, -0.1) is 0 Å². The average molecular weight is 333 g/mol. The lowest BCUT2D eigenvalue weighted by Gasteiger charge is -2.19. The number of hydrogen-bond acceptors (Lipinski definition) is 3. The third kappa shape index (κ3) is 3.57. The molecule has 0 saturated heterocycles. The van der Waals surface area contributed by atoms with Crippen LogP contribution in [0, 0.1) is 23.7 Å². The van der Waals surface area contributed by atoms with Crippen LogP contribution in [0.15, 0.2) is 42.7 Å². The molecule has 2 heterocycles. The zero-order chi connectivity index (χ0) is 18.0. The molecule has 0 fully saturated rings. The van der Waals surface area contributed by atoms with Crippen molar-refractivity contribution in [3.05, 3.63) is 53.9 Å². The monoisotopic (exact) mass is 333 g/mol. The van der Waals surface area contributed by atoms with Gasteiger partial charge in [0.25, 0.3) is 0 Å². The molecule has 3 aromatic rings. The summed E-state index contributed by atoms with van der Waals surface area (Å²) in [6, 6.07) is 12.0. The van der Waals surface area contributed by atoms with E-state index in [0.717, 1.165) is 27.7 Å². The summed E-state index contributed by atoms with van der Waals surface area (Å²) in [6.45, 7) is 9.71. The Kier molecular flexibility index (Phi) is 4.61. The summed E-state index contributed by atoms with van der Waals surface area (Å²) in [7, 11) is 0. The number of fused-ring (bicyclic) bond motifs is 1. The molecule has 4 nitrogen and oxygen atoms in total. The van der Waals surface area contributed by atoms with E-state index < -0.39 is 0 Å². The minimum absolute atomic E-state index is 0.112. The summed E-state index contributed by atoms with van der Waals surface area (Å²) in [6.07, 6.45) is 3.64. The second-order valence-corrected chi connectivity index (χ2v) is 7.53. The predicted molar refractivity (Wildman–Crippen MR) is 100 cm³/mol. The molecule has 0 aliphatic carbocycles. The standard InChI is InChI=1S/C21H23N3O/c1-15-18-10-16(11-22)7-8-19(18)24(14-25-13-21(2,3)4)20(15)17-6-5-9-23-12-17/h5-10,12H,13-14H2,1-4H3. The molecule has 0 aliphatic heterocycles. The van der Waals surface area contributed by atoms with Crippen LogP contribution < -0.4 is 0 Å². The van der Waals surface area contributed by atoms with Crippen molar-refractivity contribution < 1.29 is 4.74 Å². The lowest BCUT2D eigenvalue weighted by molar-refractivity contribution is 0.0302. The van der Waals surface area contributed by atoms with E-state index in [4.69, 9.17) is 4.74 Å². The number of ether oxygens (including phenoxy) is 1. The number of rotatable bonds is 4. The molecular weight excluding hydrogens is 310 g/mol. The van der Waals surface area contributed by atoms with Crippen LogP contribution in [0.1, 0.15) is 31.9 Å². The van der Waals surface area contributed by atoms with Gasteiger partial charge in [-0.05, 0) is 48.2 Å². The SMILES string of the molecule is Cc1c(-c2cccnc2)n(COCC(C)(C)C)c2ccc(C#N)cc12. The molecule has 128 valence electrons. The minimum atomic E-state index is 0.112. The first-order valence-corrected chi connectivity index (χ1v) is 8.42. The van der Waals surface area contributed by atoms with Crippen LogP contribution >= 0.6 is 0 Å². The summed E-state index contributed by atoms with van der Waals surface area (Å²) < 4.78 is 8.18. The van der Waals surface area contributed by atoms with Gasteiger partial charge in [0, 0.05) is 23.3 Å². The number of aryl methyl sites for hydroxylation is 1. The fourth-order valence-electron chi connectivity index (χ4n) is 3.04. The van der Waals surface area contributed by atoms with Gasteiger partial charge in [-0.1, -0.05) is 20.8 Å². The second kappa shape index (κ2) is 6.70. The molecule has 0 N–H and O–H groups in total. The van der Waals surface area contributed by atoms with Gasteiger partial charge >= 0.3 is 0 Å². The Labute approximate surface area is 148 Å². The van der Waals surface area contributed by atoms with Gasteiger partial charge in [0.15, 0.2) is 0 Å². The molecular formula is C21H23N3O. The third-order valence-corrected chi connectivity index (χ3v) is 4.14. The largest absolute Gasteiger partial charge is 0.360 e. The van der Waals surface area contributed by atoms with Gasteiger partial charge in [0.2, 0.25) is 0 Å². The lowest BCUT2D eigenvalue weighted by atomic mass is 9.99. The van der Waals surface area contributed by atoms with Crippen molar-refractivity contribution in [1.29, 1.82) is 5.26 Å². The number of benzene rings is 1. The molecule has 3 rings (SSSR count). The number of pyridine rings is 1. The van der Waals surface area contributed by atoms with E-state index in [2.05, 4.69) is 49.4 Å². The van der Waals surface area contributed by atoms with Crippen molar-refractivity contribution in [2.24, 2.45) is 5.41 Å². The Balaban J connectivity index is 2.13. The van der Waals surface area contributed by atoms with Crippen LogP contribution in [-0.2, 0) is 11.5 Å². The third-order valence-electron chi connectivity index (χ3n) is 4.14. The topological polar surface area (TPSA) is 50.8 Å². The highest BCUT2D eigenvalue weighted by atomic mass is 16.5. The van der Waals surface area contributed by atoms with E-state index in [1.165, 1.54) is 0 Å². The number of nitriles is 1. The predicted octanol–water partition coefficient (Wildman–Crippen LogP) is 4.90. The quantitative estimate of drug-likeness (QED) is 0.682. The van der Waals surface area contributed by atoms with Gasteiger partial charge in [0.05, 0.1) is 29.5 Å². The van der Waals surface area contributed by atoms with E-state index >= 15 is 0 Å². The van der Waals surface area contributed by atoms with Crippen molar-refractivity contribution in [2.45, 2.75) is 34.4 Å². The van der Waals surface area contributed by atoms with E-state index in [-0.39, 0.29) is 5.41 Å². The summed E-state index contributed by atoms with van der Waals surface area (Å²) in [4.78, 5) is 4.26. The number of hydrogen-bond donors (Lipinski definition) is 0. The Bertz CT molecular complexity index is 928. The molecule has 0 aliphatic rings. The first-order chi connectivity index (χ1) is 11.9. The maximum Gasteiger partial charge on any atom is 0.123 e. The smallest absolute Gasteiger partial charge is 0.123 e. The molecule has 0 radical (unpaired) electrons. The van der Waals surface area contributed by atoms with Crippen LogP contribution in [0.25, 0.3) is 22.2 Å². The molecule has 0 bridgehead atoms. The molecule has 1 aromatic carbocycles. The van der Waals surface area contributed by atoms with Crippen LogP contribution in [-0.4, -0.2) is 16.2 Å². The highest BCUT2D eigenvalue weighted by molar-refractivity contribution is 5.92. The Morgan fingerprint density at radius 1 is 1.24 bits per heavy atom. The first kappa shape index (κ1) is 17.2. The van der Waals surface area contributed by atoms with E-state index in [9.17, 15) is 5.26 Å². The fourth-order valence-corrected chi connectivity index (χ4v) is 3.04. The summed E-state index contributed by atoms with van der Waals surface area (Å²) >= 11 is 0. The van der Waals surface area contributed by atoms with Gasteiger partial charge in [-0.3, -0.25) is 4.98 Å². The molecule has 4 heteroatoms. The maximum atomic E-state index is 9.22. The number of aromatic nitrogens is 2. The normalized spacial score (nSPS) is 11.6. The Hall–Kier alpha value is -2.64. The lowest BCUT2D eigenvalue weighted by Crippen LogP contribution is -2.16. The van der Waals surface area contributed by atoms with Crippen molar-refractivity contribution in [3.8, 4) is 17.3 Å². The fraction of sp³-hybridized carbons (Fsp3) is 0.333. The zero-order valence-electron chi connectivity index (χ0n) is 15.2. The Morgan fingerprint density at radius 3 is 2.68 bits per heavy atom. The highest BCUT2D eigenvalue weighted by Gasteiger charge is 2.17. The van der Waals surface area contributed by atoms with Crippen LogP contribution in [0.2, 0.25) is 0 Å². The van der Waals surface area contributed by atoms with Crippen molar-refractivity contribution in [2.75, 3.05) is 6.61 Å². The van der Waals surface area contributed by atoms with Gasteiger partial charge in [0.1, 0.15) is 6.73 Å². The zero-order valence-corrected chi connectivity index (χ0v) is 15.2. The van der Waals surface area contributed by atoms with Gasteiger partial charge < -0.3 is 9.30 Å². The summed E-state index contributed by atoms with van der Waals surface area (Å²) in [5, 5.41) is 10.3. The Morgan fingerprint density at radius 2 is 2.04 bits per heavy atom. The van der Waals surface area contributed by atoms with Crippen LogP contribution in [0.3, 0.4) is 0 Å². The minimum Gasteiger partial charge on any atom is -0.360 e. The molecule has 2 aromatic heterocycles. The molecule has 0 spiro atoms. The number of nitrogens with zero attached hydrogens (tertiary/aromatic N) is 3. The van der Waals surface area contributed by atoms with Crippen LogP contribution in [0.5, 0.6) is 0 Å². The van der Waals surface area contributed by atoms with Gasteiger partial charge in [-0.25, -0.2) is 0 Å².